The molecule has 0 unspecified atom stereocenters. The van der Waals surface area contributed by atoms with Gasteiger partial charge in [-0.25, -0.2) is 13.4 Å². The monoisotopic (exact) mass is 596 g/mol. The Labute approximate surface area is 243 Å². The van der Waals surface area contributed by atoms with Gasteiger partial charge in [-0.05, 0) is 61.0 Å². The molecule has 0 saturated heterocycles. The Kier molecular flexibility index (Phi) is 9.26. The highest BCUT2D eigenvalue weighted by atomic mass is 32.2. The molecule has 216 valence electrons. The number of carbonyl (C=O) groups excluding carboxylic acids is 1. The van der Waals surface area contributed by atoms with Crippen LogP contribution in [0.4, 0.5) is 5.13 Å². The van der Waals surface area contributed by atoms with Crippen LogP contribution in [0.3, 0.4) is 0 Å². The lowest BCUT2D eigenvalue weighted by atomic mass is 10.2. The highest BCUT2D eigenvalue weighted by Crippen LogP contribution is 2.38. The molecule has 12 heteroatoms. The number of amides is 1. The Hall–Kier alpha value is -4.00. The number of benzene rings is 3. The van der Waals surface area contributed by atoms with Crippen molar-refractivity contribution in [2.45, 2.75) is 25.7 Å². The zero-order valence-electron chi connectivity index (χ0n) is 23.7. The molecule has 0 radical (unpaired) electrons. The number of hydrazone groups is 1. The number of aryl methyl sites for hydroxylation is 1. The number of hydrogen-bond donors (Lipinski definition) is 0. The third kappa shape index (κ3) is 6.19. The van der Waals surface area contributed by atoms with Crippen LogP contribution in [0.1, 0.15) is 35.3 Å². The average molecular weight is 597 g/mol. The van der Waals surface area contributed by atoms with Crippen LogP contribution in [0.15, 0.2) is 64.6 Å². The maximum absolute atomic E-state index is 13.8. The molecule has 0 fully saturated rings. The van der Waals surface area contributed by atoms with Gasteiger partial charge >= 0.3 is 0 Å². The number of nitrogens with zero attached hydrogens (tertiary/aromatic N) is 4. The van der Waals surface area contributed by atoms with Gasteiger partial charge in [0.25, 0.3) is 5.91 Å². The molecule has 4 aromatic rings. The smallest absolute Gasteiger partial charge is 0.280 e. The summed E-state index contributed by atoms with van der Waals surface area (Å²) >= 11 is 1.32. The largest absolute Gasteiger partial charge is 0.493 e. The number of fused-ring (bicyclic) bond motifs is 1. The van der Waals surface area contributed by atoms with Gasteiger partial charge in [0.15, 0.2) is 11.5 Å². The molecule has 0 atom stereocenters. The number of aromatic nitrogens is 1. The van der Waals surface area contributed by atoms with E-state index in [1.807, 2.05) is 25.1 Å². The summed E-state index contributed by atoms with van der Waals surface area (Å²) in [7, 11) is 0.878. The van der Waals surface area contributed by atoms with E-state index in [4.69, 9.17) is 14.2 Å². The standard InChI is InChI=1S/C29H32N4O6S2/c1-7-32(8-2)41(35,36)22-12-10-21(11-13-22)28(34)33(29-31-23-14-9-19(3)15-26(23)40-29)30-18-20-16-24(37-4)27(39-6)25(17-20)38-5/h9-18H,7-8H2,1-6H3/b30-18+. The van der Waals surface area contributed by atoms with Crippen LogP contribution in [0, 0.1) is 6.92 Å². The first-order chi connectivity index (χ1) is 19.7. The molecule has 0 aliphatic heterocycles. The van der Waals surface area contributed by atoms with Crippen LogP contribution in [-0.4, -0.2) is 64.2 Å². The molecule has 0 spiro atoms. The maximum Gasteiger partial charge on any atom is 0.280 e. The molecule has 0 bridgehead atoms. The van der Waals surface area contributed by atoms with E-state index in [0.29, 0.717) is 41.0 Å². The van der Waals surface area contributed by atoms with Gasteiger partial charge in [-0.1, -0.05) is 31.3 Å². The molecule has 4 rings (SSSR count). The third-order valence-electron chi connectivity index (χ3n) is 6.36. The van der Waals surface area contributed by atoms with Gasteiger partial charge in [0.1, 0.15) is 0 Å². The third-order valence-corrected chi connectivity index (χ3v) is 9.42. The predicted molar refractivity (Wildman–Crippen MR) is 161 cm³/mol. The zero-order valence-corrected chi connectivity index (χ0v) is 25.4. The number of rotatable bonds is 11. The van der Waals surface area contributed by atoms with E-state index in [1.54, 1.807) is 26.0 Å². The van der Waals surface area contributed by atoms with Crippen molar-refractivity contribution in [1.82, 2.24) is 9.29 Å². The second-order valence-corrected chi connectivity index (χ2v) is 11.8. The summed E-state index contributed by atoms with van der Waals surface area (Å²) in [5.74, 6) is 0.830. The maximum atomic E-state index is 13.8. The lowest BCUT2D eigenvalue weighted by molar-refractivity contribution is 0.0987. The van der Waals surface area contributed by atoms with Gasteiger partial charge in [-0.15, -0.1) is 0 Å². The highest BCUT2D eigenvalue weighted by Gasteiger charge is 2.25. The fourth-order valence-corrected chi connectivity index (χ4v) is 6.68. The lowest BCUT2D eigenvalue weighted by Crippen LogP contribution is -2.30. The number of carbonyl (C=O) groups is 1. The molecular formula is C29H32N4O6S2. The molecule has 0 N–H and O–H groups in total. The molecule has 1 aromatic heterocycles. The van der Waals surface area contributed by atoms with Gasteiger partial charge < -0.3 is 14.2 Å². The van der Waals surface area contributed by atoms with Crippen LogP contribution < -0.4 is 19.2 Å². The molecule has 1 heterocycles. The average Bonchev–Trinajstić information content (AvgIpc) is 3.39. The number of sulfonamides is 1. The van der Waals surface area contributed by atoms with Crippen molar-refractivity contribution < 1.29 is 27.4 Å². The first-order valence-corrected chi connectivity index (χ1v) is 15.1. The van der Waals surface area contributed by atoms with Crippen LogP contribution in [0.5, 0.6) is 17.2 Å². The van der Waals surface area contributed by atoms with Crippen LogP contribution in [-0.2, 0) is 10.0 Å². The van der Waals surface area contributed by atoms with Crippen molar-refractivity contribution in [3.63, 3.8) is 0 Å². The van der Waals surface area contributed by atoms with E-state index in [1.165, 1.54) is 72.5 Å². The number of thiazole rings is 1. The zero-order chi connectivity index (χ0) is 29.7. The Morgan fingerprint density at radius 3 is 2.15 bits per heavy atom. The van der Waals surface area contributed by atoms with E-state index < -0.39 is 15.9 Å². The number of anilines is 1. The van der Waals surface area contributed by atoms with Crippen molar-refractivity contribution in [3.8, 4) is 17.2 Å². The van der Waals surface area contributed by atoms with Crippen LogP contribution in [0.25, 0.3) is 10.2 Å². The summed E-state index contributed by atoms with van der Waals surface area (Å²) in [5, 5.41) is 6.08. The van der Waals surface area contributed by atoms with Crippen molar-refractivity contribution in [2.24, 2.45) is 5.10 Å². The van der Waals surface area contributed by atoms with Gasteiger partial charge in [0.2, 0.25) is 20.9 Å². The molecule has 41 heavy (non-hydrogen) atoms. The first kappa shape index (κ1) is 30.0. The minimum Gasteiger partial charge on any atom is -0.493 e. The lowest BCUT2D eigenvalue weighted by Gasteiger charge is -2.19. The van der Waals surface area contributed by atoms with E-state index in [-0.39, 0.29) is 10.5 Å². The Morgan fingerprint density at radius 2 is 1.59 bits per heavy atom. The van der Waals surface area contributed by atoms with E-state index in [9.17, 15) is 13.2 Å². The molecular weight excluding hydrogens is 564 g/mol. The molecule has 1 amide bonds. The SMILES string of the molecule is CCN(CC)S(=O)(=O)c1ccc(C(=O)N(/N=C/c2cc(OC)c(OC)c(OC)c2)c2nc3ccc(C)cc3s2)cc1. The minimum atomic E-state index is -3.67. The fraction of sp³-hybridized carbons (Fsp3) is 0.276. The first-order valence-electron chi connectivity index (χ1n) is 12.8. The van der Waals surface area contributed by atoms with Gasteiger partial charge in [0, 0.05) is 24.2 Å². The Bertz CT molecular complexity index is 1650. The molecule has 0 saturated carbocycles. The fourth-order valence-electron chi connectivity index (χ4n) is 4.20. The van der Waals surface area contributed by atoms with Crippen LogP contribution in [0.2, 0.25) is 0 Å². The summed E-state index contributed by atoms with van der Waals surface area (Å²) in [4.78, 5) is 18.6. The quantitative estimate of drug-likeness (QED) is 0.170. The summed E-state index contributed by atoms with van der Waals surface area (Å²) in [6.45, 7) is 6.24. The van der Waals surface area contributed by atoms with Crippen molar-refractivity contribution >= 4 is 48.8 Å². The Balaban J connectivity index is 1.76. The van der Waals surface area contributed by atoms with Crippen LogP contribution >= 0.6 is 11.3 Å². The molecule has 0 aliphatic carbocycles. The van der Waals surface area contributed by atoms with Gasteiger partial charge in [0.05, 0.1) is 42.7 Å². The topological polar surface area (TPSA) is 111 Å². The normalized spacial score (nSPS) is 11.8. The van der Waals surface area contributed by atoms with Crippen molar-refractivity contribution in [3.05, 3.63) is 71.3 Å². The number of methoxy groups -OCH3 is 3. The summed E-state index contributed by atoms with van der Waals surface area (Å²) < 4.78 is 44.4. The van der Waals surface area contributed by atoms with E-state index in [0.717, 1.165) is 15.8 Å². The number of hydrogen-bond acceptors (Lipinski definition) is 9. The predicted octanol–water partition coefficient (Wildman–Crippen LogP) is 5.34. The minimum absolute atomic E-state index is 0.112. The molecule has 3 aromatic carbocycles. The van der Waals surface area contributed by atoms with E-state index in [2.05, 4.69) is 10.1 Å². The van der Waals surface area contributed by atoms with Gasteiger partial charge in [-0.3, -0.25) is 4.79 Å². The number of ether oxygens (including phenoxy) is 3. The van der Waals surface area contributed by atoms with Gasteiger partial charge in [-0.2, -0.15) is 14.4 Å². The second kappa shape index (κ2) is 12.7. The summed E-state index contributed by atoms with van der Waals surface area (Å²) in [5.41, 5.74) is 2.64. The van der Waals surface area contributed by atoms with Crippen molar-refractivity contribution in [1.29, 1.82) is 0 Å². The summed E-state index contributed by atoms with van der Waals surface area (Å²) in [6, 6.07) is 15.1. The highest BCUT2D eigenvalue weighted by molar-refractivity contribution is 7.89. The second-order valence-electron chi connectivity index (χ2n) is 8.90. The molecule has 10 nitrogen and oxygen atoms in total. The summed E-state index contributed by atoms with van der Waals surface area (Å²) in [6.07, 6.45) is 1.50. The van der Waals surface area contributed by atoms with Crippen molar-refractivity contribution in [2.75, 3.05) is 39.4 Å². The Morgan fingerprint density at radius 1 is 0.951 bits per heavy atom. The van der Waals surface area contributed by atoms with E-state index >= 15 is 0 Å². The molecule has 0 aliphatic rings.